The molecular formula is C13H16BrClN2O2. The maximum absolute atomic E-state index is 11.8. The van der Waals surface area contributed by atoms with Crippen LogP contribution in [0.15, 0.2) is 22.7 Å². The summed E-state index contributed by atoms with van der Waals surface area (Å²) >= 11 is 9.46. The molecule has 1 aromatic carbocycles. The number of benzene rings is 1. The molecular weight excluding hydrogens is 332 g/mol. The van der Waals surface area contributed by atoms with Gasteiger partial charge < -0.3 is 15.3 Å². The fourth-order valence-electron chi connectivity index (χ4n) is 2.03. The Morgan fingerprint density at radius 1 is 1.58 bits per heavy atom. The van der Waals surface area contributed by atoms with Gasteiger partial charge in [0.05, 0.1) is 12.6 Å². The molecule has 0 radical (unpaired) electrons. The molecule has 2 amide bonds. The molecule has 6 heteroatoms. The maximum atomic E-state index is 11.8. The minimum atomic E-state index is -0.112. The molecule has 0 spiro atoms. The van der Waals surface area contributed by atoms with E-state index in [1.165, 1.54) is 0 Å². The van der Waals surface area contributed by atoms with E-state index in [1.807, 2.05) is 18.2 Å². The van der Waals surface area contributed by atoms with E-state index in [-0.39, 0.29) is 18.7 Å². The largest absolute Gasteiger partial charge is 0.394 e. The zero-order chi connectivity index (χ0) is 13.8. The lowest BCUT2D eigenvalue weighted by molar-refractivity contribution is 0.0704. The van der Waals surface area contributed by atoms with Gasteiger partial charge in [0.2, 0.25) is 0 Å². The summed E-state index contributed by atoms with van der Waals surface area (Å²) in [7, 11) is 0. The first-order chi connectivity index (χ1) is 9.11. The first-order valence-corrected chi connectivity index (χ1v) is 7.38. The minimum absolute atomic E-state index is 0.0173. The van der Waals surface area contributed by atoms with Gasteiger partial charge in [0.15, 0.2) is 0 Å². The van der Waals surface area contributed by atoms with Crippen molar-refractivity contribution in [3.05, 3.63) is 33.3 Å². The molecule has 1 aromatic rings. The van der Waals surface area contributed by atoms with E-state index in [2.05, 4.69) is 21.2 Å². The van der Waals surface area contributed by atoms with Crippen LogP contribution in [0.4, 0.5) is 4.79 Å². The standard InChI is InChI=1S/C13H16BrClN2O2/c14-10-2-1-9(12(15)7-10)3-5-16-13(19)17-6-4-11(17)8-18/h1-2,7,11,18H,3-6,8H2,(H,16,19). The average Bonchev–Trinajstić information content (AvgIpc) is 2.31. The van der Waals surface area contributed by atoms with Crippen molar-refractivity contribution in [2.45, 2.75) is 18.9 Å². The highest BCUT2D eigenvalue weighted by molar-refractivity contribution is 9.10. The molecule has 0 aromatic heterocycles. The van der Waals surface area contributed by atoms with Crippen LogP contribution in [0.2, 0.25) is 5.02 Å². The van der Waals surface area contributed by atoms with Crippen molar-refractivity contribution in [2.75, 3.05) is 19.7 Å². The van der Waals surface area contributed by atoms with Gasteiger partial charge in [0, 0.05) is 22.6 Å². The fraction of sp³-hybridized carbons (Fsp3) is 0.462. The zero-order valence-corrected chi connectivity index (χ0v) is 12.7. The SMILES string of the molecule is O=C(NCCc1ccc(Br)cc1Cl)N1CCC1CO. The van der Waals surface area contributed by atoms with Crippen molar-refractivity contribution in [3.63, 3.8) is 0 Å². The fourth-order valence-corrected chi connectivity index (χ4v) is 2.80. The first-order valence-electron chi connectivity index (χ1n) is 6.21. The molecule has 0 saturated carbocycles. The quantitative estimate of drug-likeness (QED) is 0.879. The van der Waals surface area contributed by atoms with Crippen LogP contribution in [0, 0.1) is 0 Å². The number of amides is 2. The van der Waals surface area contributed by atoms with Gasteiger partial charge in [0.25, 0.3) is 0 Å². The summed E-state index contributed by atoms with van der Waals surface area (Å²) in [5, 5.41) is 12.6. The van der Waals surface area contributed by atoms with Gasteiger partial charge in [-0.15, -0.1) is 0 Å². The third-order valence-corrected chi connectivity index (χ3v) is 4.15. The van der Waals surface area contributed by atoms with E-state index in [4.69, 9.17) is 16.7 Å². The summed E-state index contributed by atoms with van der Waals surface area (Å²) in [6, 6.07) is 5.59. The molecule has 0 bridgehead atoms. The molecule has 2 N–H and O–H groups in total. The van der Waals surface area contributed by atoms with Gasteiger partial charge in [-0.1, -0.05) is 33.6 Å². The second kappa shape index (κ2) is 6.59. The lowest BCUT2D eigenvalue weighted by Gasteiger charge is -2.39. The van der Waals surface area contributed by atoms with Gasteiger partial charge >= 0.3 is 6.03 Å². The van der Waals surface area contributed by atoms with Crippen LogP contribution >= 0.6 is 27.5 Å². The number of aliphatic hydroxyl groups is 1. The molecule has 1 unspecified atom stereocenters. The molecule has 1 fully saturated rings. The average molecular weight is 348 g/mol. The van der Waals surface area contributed by atoms with Crippen LogP contribution in [-0.2, 0) is 6.42 Å². The van der Waals surface area contributed by atoms with Crippen LogP contribution in [0.25, 0.3) is 0 Å². The van der Waals surface area contributed by atoms with Crippen molar-refractivity contribution in [2.24, 2.45) is 0 Å². The highest BCUT2D eigenvalue weighted by Gasteiger charge is 2.30. The molecule has 1 heterocycles. The topological polar surface area (TPSA) is 52.6 Å². The number of hydrogen-bond donors (Lipinski definition) is 2. The number of nitrogens with zero attached hydrogens (tertiary/aromatic N) is 1. The second-order valence-corrected chi connectivity index (χ2v) is 5.86. The summed E-state index contributed by atoms with van der Waals surface area (Å²) in [5.74, 6) is 0. The Morgan fingerprint density at radius 3 is 2.95 bits per heavy atom. The molecule has 0 aliphatic carbocycles. The molecule has 1 aliphatic heterocycles. The smallest absolute Gasteiger partial charge is 0.317 e. The predicted octanol–water partition coefficient (Wildman–Crippen LogP) is 2.42. The van der Waals surface area contributed by atoms with E-state index in [1.54, 1.807) is 4.90 Å². The molecule has 4 nitrogen and oxygen atoms in total. The zero-order valence-electron chi connectivity index (χ0n) is 10.4. The molecule has 1 aliphatic rings. The third-order valence-electron chi connectivity index (χ3n) is 3.30. The minimum Gasteiger partial charge on any atom is -0.394 e. The van der Waals surface area contributed by atoms with Crippen molar-refractivity contribution in [1.82, 2.24) is 10.2 Å². The number of carbonyl (C=O) groups excluding carboxylic acids is 1. The Hall–Kier alpha value is -0.780. The molecule has 19 heavy (non-hydrogen) atoms. The van der Waals surface area contributed by atoms with Crippen molar-refractivity contribution < 1.29 is 9.90 Å². The molecule has 1 atom stereocenters. The highest BCUT2D eigenvalue weighted by atomic mass is 79.9. The molecule has 104 valence electrons. The van der Waals surface area contributed by atoms with Gasteiger partial charge in [-0.25, -0.2) is 4.79 Å². The normalized spacial score (nSPS) is 18.1. The van der Waals surface area contributed by atoms with Gasteiger partial charge in [-0.05, 0) is 30.5 Å². The van der Waals surface area contributed by atoms with Crippen molar-refractivity contribution in [1.29, 1.82) is 0 Å². The summed E-state index contributed by atoms with van der Waals surface area (Å²) in [4.78, 5) is 13.4. The lowest BCUT2D eigenvalue weighted by Crippen LogP contribution is -2.56. The van der Waals surface area contributed by atoms with E-state index in [0.717, 1.165) is 23.0 Å². The van der Waals surface area contributed by atoms with Gasteiger partial charge in [-0.3, -0.25) is 0 Å². The van der Waals surface area contributed by atoms with Crippen LogP contribution in [-0.4, -0.2) is 41.8 Å². The number of nitrogens with one attached hydrogen (secondary N) is 1. The van der Waals surface area contributed by atoms with E-state index >= 15 is 0 Å². The van der Waals surface area contributed by atoms with Crippen LogP contribution < -0.4 is 5.32 Å². The number of carbonyl (C=O) groups is 1. The number of halogens is 2. The summed E-state index contributed by atoms with van der Waals surface area (Å²) in [5.41, 5.74) is 1.01. The number of hydrogen-bond acceptors (Lipinski definition) is 2. The van der Waals surface area contributed by atoms with Crippen LogP contribution in [0.1, 0.15) is 12.0 Å². The Morgan fingerprint density at radius 2 is 2.37 bits per heavy atom. The second-order valence-electron chi connectivity index (χ2n) is 4.54. The Bertz CT molecular complexity index is 468. The Kier molecular flexibility index (Phi) is 5.07. The molecule has 1 saturated heterocycles. The summed E-state index contributed by atoms with van der Waals surface area (Å²) in [6.45, 7) is 1.29. The van der Waals surface area contributed by atoms with E-state index < -0.39 is 0 Å². The predicted molar refractivity (Wildman–Crippen MR) is 78.5 cm³/mol. The monoisotopic (exact) mass is 346 g/mol. The maximum Gasteiger partial charge on any atom is 0.317 e. The number of likely N-dealkylation sites (tertiary alicyclic amines) is 1. The number of aliphatic hydroxyl groups excluding tert-OH is 1. The van der Waals surface area contributed by atoms with Crippen molar-refractivity contribution >= 4 is 33.6 Å². The number of urea groups is 1. The Labute approximate surface area is 125 Å². The molecule has 2 rings (SSSR count). The highest BCUT2D eigenvalue weighted by Crippen LogP contribution is 2.21. The van der Waals surface area contributed by atoms with Crippen molar-refractivity contribution in [3.8, 4) is 0 Å². The van der Waals surface area contributed by atoms with E-state index in [9.17, 15) is 4.79 Å². The van der Waals surface area contributed by atoms with Gasteiger partial charge in [0.1, 0.15) is 0 Å². The first kappa shape index (κ1) is 14.6. The summed E-state index contributed by atoms with van der Waals surface area (Å²) < 4.78 is 0.941. The third kappa shape index (κ3) is 3.61. The van der Waals surface area contributed by atoms with Crippen LogP contribution in [0.5, 0.6) is 0 Å². The van der Waals surface area contributed by atoms with E-state index in [0.29, 0.717) is 18.0 Å². The Balaban J connectivity index is 1.78. The van der Waals surface area contributed by atoms with Gasteiger partial charge in [-0.2, -0.15) is 0 Å². The van der Waals surface area contributed by atoms with Crippen LogP contribution in [0.3, 0.4) is 0 Å². The number of rotatable bonds is 4. The summed E-state index contributed by atoms with van der Waals surface area (Å²) in [6.07, 6.45) is 1.57. The lowest BCUT2D eigenvalue weighted by atomic mass is 10.1.